The first kappa shape index (κ1) is 20.3. The highest BCUT2D eigenvalue weighted by molar-refractivity contribution is 7.89. The number of benzene rings is 1. The minimum atomic E-state index is -3.67. The van der Waals surface area contributed by atoms with E-state index in [1.165, 1.54) is 22.5 Å². The van der Waals surface area contributed by atoms with E-state index in [-0.39, 0.29) is 22.0 Å². The smallest absolute Gasteiger partial charge is 0.253 e. The molecule has 2 aromatic rings. The van der Waals surface area contributed by atoms with E-state index >= 15 is 0 Å². The van der Waals surface area contributed by atoms with Gasteiger partial charge >= 0.3 is 0 Å². The summed E-state index contributed by atoms with van der Waals surface area (Å²) in [5.41, 5.74) is 0.750. The lowest BCUT2D eigenvalue weighted by molar-refractivity contribution is 0.0950. The van der Waals surface area contributed by atoms with Gasteiger partial charge in [0.15, 0.2) is 0 Å². The first-order valence-corrected chi connectivity index (χ1v) is 9.97. The molecule has 0 saturated heterocycles. The third kappa shape index (κ3) is 4.57. The Morgan fingerprint density at radius 1 is 1.23 bits per heavy atom. The van der Waals surface area contributed by atoms with Crippen molar-refractivity contribution in [2.24, 2.45) is 0 Å². The van der Waals surface area contributed by atoms with Crippen LogP contribution in [0.15, 0.2) is 35.4 Å². The molecule has 140 valence electrons. The molecule has 0 atom stereocenters. The SMILES string of the molecule is CCN(CC)S(=O)(=O)c1ccc(Cl)c(C(=O)NCc2ccnc(C)n2)c1. The monoisotopic (exact) mass is 396 g/mol. The maximum atomic E-state index is 12.6. The Bertz CT molecular complexity index is 899. The molecule has 1 aromatic heterocycles. The zero-order chi connectivity index (χ0) is 19.3. The molecule has 0 bridgehead atoms. The highest BCUT2D eigenvalue weighted by Crippen LogP contribution is 2.23. The largest absolute Gasteiger partial charge is 0.346 e. The lowest BCUT2D eigenvalue weighted by Crippen LogP contribution is -2.31. The quantitative estimate of drug-likeness (QED) is 0.775. The number of carbonyl (C=O) groups excluding carboxylic acids is 1. The summed E-state index contributed by atoms with van der Waals surface area (Å²) in [5.74, 6) is 0.130. The molecule has 0 aliphatic carbocycles. The van der Waals surface area contributed by atoms with E-state index in [2.05, 4.69) is 15.3 Å². The summed E-state index contributed by atoms with van der Waals surface area (Å²) in [4.78, 5) is 20.7. The summed E-state index contributed by atoms with van der Waals surface area (Å²) < 4.78 is 26.6. The van der Waals surface area contributed by atoms with Gasteiger partial charge in [0.05, 0.1) is 27.7 Å². The van der Waals surface area contributed by atoms with Crippen LogP contribution in [0, 0.1) is 6.92 Å². The van der Waals surface area contributed by atoms with Gasteiger partial charge in [-0.15, -0.1) is 0 Å². The second-order valence-corrected chi connectivity index (χ2v) is 7.85. The van der Waals surface area contributed by atoms with E-state index in [0.717, 1.165) is 0 Å². The fourth-order valence-electron chi connectivity index (χ4n) is 2.42. The summed E-state index contributed by atoms with van der Waals surface area (Å²) in [6.45, 7) is 6.14. The van der Waals surface area contributed by atoms with Crippen LogP contribution in [0.4, 0.5) is 0 Å². The molecule has 1 heterocycles. The molecule has 0 aliphatic rings. The van der Waals surface area contributed by atoms with Crippen molar-refractivity contribution in [3.8, 4) is 0 Å². The summed E-state index contributed by atoms with van der Waals surface area (Å²) in [6, 6.07) is 5.81. The van der Waals surface area contributed by atoms with Crippen molar-refractivity contribution in [3.63, 3.8) is 0 Å². The Balaban J connectivity index is 2.25. The second-order valence-electron chi connectivity index (χ2n) is 5.51. The summed E-state index contributed by atoms with van der Waals surface area (Å²) in [5, 5.41) is 2.88. The Hall–Kier alpha value is -2.03. The van der Waals surface area contributed by atoms with Crippen LogP contribution < -0.4 is 5.32 Å². The number of halogens is 1. The van der Waals surface area contributed by atoms with Crippen molar-refractivity contribution in [3.05, 3.63) is 52.6 Å². The number of nitrogens with one attached hydrogen (secondary N) is 1. The molecule has 26 heavy (non-hydrogen) atoms. The molecule has 0 spiro atoms. The van der Waals surface area contributed by atoms with Crippen LogP contribution in [-0.4, -0.2) is 41.7 Å². The van der Waals surface area contributed by atoms with Crippen molar-refractivity contribution in [1.82, 2.24) is 19.6 Å². The van der Waals surface area contributed by atoms with Gasteiger partial charge in [0.25, 0.3) is 5.91 Å². The van der Waals surface area contributed by atoms with E-state index in [0.29, 0.717) is 24.6 Å². The number of rotatable bonds is 7. The van der Waals surface area contributed by atoms with Crippen molar-refractivity contribution in [2.45, 2.75) is 32.2 Å². The third-order valence-corrected chi connectivity index (χ3v) is 6.16. The van der Waals surface area contributed by atoms with Crippen LogP contribution >= 0.6 is 11.6 Å². The Morgan fingerprint density at radius 2 is 1.92 bits per heavy atom. The molecule has 0 aliphatic heterocycles. The van der Waals surface area contributed by atoms with Crippen molar-refractivity contribution in [2.75, 3.05) is 13.1 Å². The number of hydrogen-bond acceptors (Lipinski definition) is 5. The van der Waals surface area contributed by atoms with Gasteiger partial charge in [0.2, 0.25) is 10.0 Å². The Labute approximate surface area is 158 Å². The molecule has 9 heteroatoms. The Morgan fingerprint density at radius 3 is 2.54 bits per heavy atom. The highest BCUT2D eigenvalue weighted by atomic mass is 35.5. The van der Waals surface area contributed by atoms with Crippen LogP contribution in [0.5, 0.6) is 0 Å². The minimum absolute atomic E-state index is 0.0358. The first-order valence-electron chi connectivity index (χ1n) is 8.16. The maximum Gasteiger partial charge on any atom is 0.253 e. The molecule has 2 rings (SSSR count). The summed E-state index contributed by atoms with van der Waals surface area (Å²) in [6.07, 6.45) is 1.61. The maximum absolute atomic E-state index is 12.6. The molecular formula is C17H21ClN4O3S. The van der Waals surface area contributed by atoms with Gasteiger partial charge in [0, 0.05) is 19.3 Å². The van der Waals surface area contributed by atoms with Crippen molar-refractivity contribution >= 4 is 27.5 Å². The molecule has 0 unspecified atom stereocenters. The normalized spacial score (nSPS) is 11.6. The van der Waals surface area contributed by atoms with E-state index < -0.39 is 15.9 Å². The standard InChI is InChI=1S/C17H21ClN4O3S/c1-4-22(5-2)26(24,25)14-6-7-16(18)15(10-14)17(23)20-11-13-8-9-19-12(3)21-13/h6-10H,4-5,11H2,1-3H3,(H,20,23). The van der Waals surface area contributed by atoms with Crippen LogP contribution in [-0.2, 0) is 16.6 Å². The van der Waals surface area contributed by atoms with Crippen LogP contribution in [0.1, 0.15) is 35.7 Å². The number of aryl methyl sites for hydroxylation is 1. The van der Waals surface area contributed by atoms with Gasteiger partial charge in [-0.25, -0.2) is 18.4 Å². The average Bonchev–Trinajstić information content (AvgIpc) is 2.60. The molecule has 1 N–H and O–H groups in total. The molecular weight excluding hydrogens is 376 g/mol. The van der Waals surface area contributed by atoms with E-state index in [1.807, 2.05) is 0 Å². The highest BCUT2D eigenvalue weighted by Gasteiger charge is 2.23. The van der Waals surface area contributed by atoms with E-state index in [9.17, 15) is 13.2 Å². The van der Waals surface area contributed by atoms with Crippen LogP contribution in [0.25, 0.3) is 0 Å². The summed E-state index contributed by atoms with van der Waals surface area (Å²) >= 11 is 6.10. The molecule has 0 fully saturated rings. The fourth-order valence-corrected chi connectivity index (χ4v) is 4.11. The predicted molar refractivity (Wildman–Crippen MR) is 99.5 cm³/mol. The molecule has 1 aromatic carbocycles. The molecule has 7 nitrogen and oxygen atoms in total. The van der Waals surface area contributed by atoms with Crippen molar-refractivity contribution in [1.29, 1.82) is 0 Å². The predicted octanol–water partition coefficient (Wildman–Crippen LogP) is 2.40. The van der Waals surface area contributed by atoms with Crippen LogP contribution in [0.3, 0.4) is 0 Å². The van der Waals surface area contributed by atoms with Gasteiger partial charge in [-0.2, -0.15) is 4.31 Å². The number of nitrogens with zero attached hydrogens (tertiary/aromatic N) is 3. The zero-order valence-corrected chi connectivity index (χ0v) is 16.4. The molecule has 0 radical (unpaired) electrons. The number of carbonyl (C=O) groups is 1. The molecule has 1 amide bonds. The third-order valence-electron chi connectivity index (χ3n) is 3.79. The van der Waals surface area contributed by atoms with Gasteiger partial charge in [-0.3, -0.25) is 4.79 Å². The number of aromatic nitrogens is 2. The van der Waals surface area contributed by atoms with Gasteiger partial charge < -0.3 is 5.32 Å². The topological polar surface area (TPSA) is 92.3 Å². The lowest BCUT2D eigenvalue weighted by atomic mass is 10.2. The zero-order valence-electron chi connectivity index (χ0n) is 14.9. The molecule has 0 saturated carbocycles. The fraction of sp³-hybridized carbons (Fsp3) is 0.353. The second kappa shape index (κ2) is 8.57. The number of hydrogen-bond donors (Lipinski definition) is 1. The number of amides is 1. The number of sulfonamides is 1. The van der Waals surface area contributed by atoms with E-state index in [1.54, 1.807) is 33.0 Å². The Kier molecular flexibility index (Phi) is 6.69. The lowest BCUT2D eigenvalue weighted by Gasteiger charge is -2.19. The van der Waals surface area contributed by atoms with Crippen molar-refractivity contribution < 1.29 is 13.2 Å². The van der Waals surface area contributed by atoms with Crippen LogP contribution in [0.2, 0.25) is 5.02 Å². The van der Waals surface area contributed by atoms with Gasteiger partial charge in [-0.05, 0) is 31.2 Å². The minimum Gasteiger partial charge on any atom is -0.346 e. The van der Waals surface area contributed by atoms with Gasteiger partial charge in [0.1, 0.15) is 5.82 Å². The van der Waals surface area contributed by atoms with E-state index in [4.69, 9.17) is 11.6 Å². The first-order chi connectivity index (χ1) is 12.3. The van der Waals surface area contributed by atoms with Gasteiger partial charge in [-0.1, -0.05) is 25.4 Å². The summed E-state index contributed by atoms with van der Waals surface area (Å²) in [7, 11) is -3.67. The average molecular weight is 397 g/mol.